The van der Waals surface area contributed by atoms with Crippen molar-refractivity contribution in [2.75, 3.05) is 13.1 Å². The van der Waals surface area contributed by atoms with E-state index in [9.17, 15) is 0 Å². The van der Waals surface area contributed by atoms with E-state index in [-0.39, 0.29) is 5.41 Å². The van der Waals surface area contributed by atoms with Gasteiger partial charge in [-0.25, -0.2) is 0 Å². The van der Waals surface area contributed by atoms with Crippen molar-refractivity contribution < 1.29 is 4.42 Å². The molecule has 1 aromatic heterocycles. The monoisotopic (exact) mass is 313 g/mol. The third-order valence-electron chi connectivity index (χ3n) is 5.43. The first-order valence-corrected chi connectivity index (χ1v) is 9.54. The maximum Gasteiger partial charge on any atom is 0.134 e. The number of nitrogens with one attached hydrogen (secondary N) is 1. The van der Waals surface area contributed by atoms with E-state index in [1.807, 2.05) is 0 Å². The molecule has 1 heterocycles. The molecule has 0 aliphatic heterocycles. The zero-order valence-corrected chi connectivity index (χ0v) is 14.6. The molecule has 2 nitrogen and oxygen atoms in total. The van der Waals surface area contributed by atoms with Crippen LogP contribution in [0.2, 0.25) is 0 Å². The van der Waals surface area contributed by atoms with Gasteiger partial charge in [0.2, 0.25) is 0 Å². The first-order valence-electron chi connectivity index (χ1n) is 9.54. The van der Waals surface area contributed by atoms with Crippen LogP contribution in [0, 0.1) is 0 Å². The number of furan rings is 1. The van der Waals surface area contributed by atoms with Gasteiger partial charge in [0.15, 0.2) is 0 Å². The minimum Gasteiger partial charge on any atom is -0.460 e. The van der Waals surface area contributed by atoms with Gasteiger partial charge in [-0.1, -0.05) is 63.6 Å². The molecule has 0 spiro atoms. The average Bonchev–Trinajstić information content (AvgIpc) is 3.21. The predicted molar refractivity (Wildman–Crippen MR) is 98.0 cm³/mol. The van der Waals surface area contributed by atoms with Gasteiger partial charge in [0.25, 0.3) is 0 Å². The summed E-state index contributed by atoms with van der Waals surface area (Å²) in [6, 6.07) is 10.7. The number of rotatable bonds is 9. The van der Waals surface area contributed by atoms with Crippen LogP contribution in [0.25, 0.3) is 11.0 Å². The largest absolute Gasteiger partial charge is 0.460 e. The minimum absolute atomic E-state index is 0.225. The Hall–Kier alpha value is -1.28. The fourth-order valence-corrected chi connectivity index (χ4v) is 3.99. The van der Waals surface area contributed by atoms with Crippen molar-refractivity contribution in [3.63, 3.8) is 0 Å². The number of para-hydroxylation sites is 1. The third-order valence-corrected chi connectivity index (χ3v) is 5.43. The quantitative estimate of drug-likeness (QED) is 0.591. The number of unbranched alkanes of at least 4 members (excludes halogenated alkanes) is 4. The minimum atomic E-state index is 0.225. The summed E-state index contributed by atoms with van der Waals surface area (Å²) in [5, 5.41) is 4.97. The fourth-order valence-electron chi connectivity index (χ4n) is 3.99. The lowest BCUT2D eigenvalue weighted by Gasteiger charge is -2.27. The fraction of sp³-hybridized carbons (Fsp3) is 0.619. The molecule has 126 valence electrons. The van der Waals surface area contributed by atoms with Crippen LogP contribution >= 0.6 is 0 Å². The molecule has 0 bridgehead atoms. The first-order chi connectivity index (χ1) is 11.3. The maximum atomic E-state index is 6.23. The summed E-state index contributed by atoms with van der Waals surface area (Å²) < 4.78 is 6.23. The van der Waals surface area contributed by atoms with Gasteiger partial charge in [-0.2, -0.15) is 0 Å². The van der Waals surface area contributed by atoms with E-state index in [2.05, 4.69) is 42.6 Å². The van der Waals surface area contributed by atoms with E-state index in [1.165, 1.54) is 68.9 Å². The Morgan fingerprint density at radius 2 is 1.83 bits per heavy atom. The van der Waals surface area contributed by atoms with Crippen LogP contribution in [0.5, 0.6) is 0 Å². The number of benzene rings is 1. The smallest absolute Gasteiger partial charge is 0.134 e. The van der Waals surface area contributed by atoms with Gasteiger partial charge in [-0.15, -0.1) is 0 Å². The van der Waals surface area contributed by atoms with E-state index in [4.69, 9.17) is 4.42 Å². The first kappa shape index (κ1) is 16.6. The molecule has 0 unspecified atom stereocenters. The lowest BCUT2D eigenvalue weighted by Crippen LogP contribution is -2.36. The van der Waals surface area contributed by atoms with Crippen LogP contribution in [-0.2, 0) is 5.41 Å². The highest BCUT2D eigenvalue weighted by atomic mass is 16.3. The molecule has 1 aromatic carbocycles. The average molecular weight is 313 g/mol. The highest BCUT2D eigenvalue weighted by Crippen LogP contribution is 2.42. The predicted octanol–water partition coefficient (Wildman–Crippen LogP) is 5.80. The summed E-state index contributed by atoms with van der Waals surface area (Å²) >= 11 is 0. The lowest BCUT2D eigenvalue weighted by molar-refractivity contribution is 0.332. The van der Waals surface area contributed by atoms with Gasteiger partial charge in [-0.3, -0.25) is 0 Å². The van der Waals surface area contributed by atoms with Gasteiger partial charge in [0.05, 0.1) is 0 Å². The highest BCUT2D eigenvalue weighted by molar-refractivity contribution is 5.78. The SMILES string of the molecule is CCCCCCCNCC1(c2cc3ccccc3o2)CCCC1. The zero-order chi connectivity index (χ0) is 16.0. The molecule has 1 fully saturated rings. The molecule has 2 heteroatoms. The Kier molecular flexibility index (Phi) is 5.77. The molecule has 1 saturated carbocycles. The van der Waals surface area contributed by atoms with Gasteiger partial charge in [0.1, 0.15) is 11.3 Å². The van der Waals surface area contributed by atoms with Crippen molar-refractivity contribution in [1.29, 1.82) is 0 Å². The highest BCUT2D eigenvalue weighted by Gasteiger charge is 2.38. The van der Waals surface area contributed by atoms with E-state index in [0.717, 1.165) is 18.7 Å². The Morgan fingerprint density at radius 1 is 1.04 bits per heavy atom. The van der Waals surface area contributed by atoms with Crippen molar-refractivity contribution in [2.24, 2.45) is 0 Å². The second-order valence-electron chi connectivity index (χ2n) is 7.23. The maximum absolute atomic E-state index is 6.23. The summed E-state index contributed by atoms with van der Waals surface area (Å²) in [7, 11) is 0. The second kappa shape index (κ2) is 8.01. The molecule has 0 atom stereocenters. The number of hydrogen-bond donors (Lipinski definition) is 1. The van der Waals surface area contributed by atoms with Crippen molar-refractivity contribution in [2.45, 2.75) is 70.1 Å². The molecule has 1 N–H and O–H groups in total. The van der Waals surface area contributed by atoms with Gasteiger partial charge in [0, 0.05) is 17.3 Å². The van der Waals surface area contributed by atoms with Crippen LogP contribution in [0.15, 0.2) is 34.7 Å². The number of hydrogen-bond acceptors (Lipinski definition) is 2. The molecular weight excluding hydrogens is 282 g/mol. The van der Waals surface area contributed by atoms with Crippen LogP contribution in [0.3, 0.4) is 0 Å². The summed E-state index contributed by atoms with van der Waals surface area (Å²) in [6.07, 6.45) is 11.9. The van der Waals surface area contributed by atoms with Crippen molar-refractivity contribution in [3.8, 4) is 0 Å². The normalized spacial score (nSPS) is 17.1. The summed E-state index contributed by atoms with van der Waals surface area (Å²) in [5.74, 6) is 1.20. The van der Waals surface area contributed by atoms with Crippen LogP contribution < -0.4 is 5.32 Å². The second-order valence-corrected chi connectivity index (χ2v) is 7.23. The zero-order valence-electron chi connectivity index (χ0n) is 14.6. The molecule has 3 rings (SSSR count). The molecule has 0 radical (unpaired) electrons. The third kappa shape index (κ3) is 3.98. The van der Waals surface area contributed by atoms with Crippen molar-refractivity contribution >= 4 is 11.0 Å². The van der Waals surface area contributed by atoms with E-state index < -0.39 is 0 Å². The Morgan fingerprint density at radius 3 is 2.61 bits per heavy atom. The molecular formula is C21H31NO. The Bertz CT molecular complexity index is 562. The summed E-state index contributed by atoms with van der Waals surface area (Å²) in [5.41, 5.74) is 1.26. The van der Waals surface area contributed by atoms with E-state index >= 15 is 0 Å². The molecule has 1 aliphatic carbocycles. The van der Waals surface area contributed by atoms with Crippen molar-refractivity contribution in [1.82, 2.24) is 5.32 Å². The van der Waals surface area contributed by atoms with Crippen molar-refractivity contribution in [3.05, 3.63) is 36.1 Å². The van der Waals surface area contributed by atoms with Gasteiger partial charge >= 0.3 is 0 Å². The number of fused-ring (bicyclic) bond motifs is 1. The standard InChI is InChI=1S/C21H31NO/c1-2-3-4-5-10-15-22-17-21(13-8-9-14-21)20-16-18-11-6-7-12-19(18)23-20/h6-7,11-12,16,22H,2-5,8-10,13-15,17H2,1H3. The van der Waals surface area contributed by atoms with Gasteiger partial charge in [-0.05, 0) is 37.9 Å². The molecule has 0 amide bonds. The molecule has 23 heavy (non-hydrogen) atoms. The molecule has 2 aromatic rings. The van der Waals surface area contributed by atoms with Crippen LogP contribution in [-0.4, -0.2) is 13.1 Å². The van der Waals surface area contributed by atoms with E-state index in [1.54, 1.807) is 0 Å². The Balaban J connectivity index is 1.59. The summed E-state index contributed by atoms with van der Waals surface area (Å²) in [4.78, 5) is 0. The van der Waals surface area contributed by atoms with Crippen LogP contribution in [0.4, 0.5) is 0 Å². The topological polar surface area (TPSA) is 25.2 Å². The van der Waals surface area contributed by atoms with Gasteiger partial charge < -0.3 is 9.73 Å². The molecule has 0 saturated heterocycles. The summed E-state index contributed by atoms with van der Waals surface area (Å²) in [6.45, 7) is 4.49. The lowest BCUT2D eigenvalue weighted by atomic mass is 9.83. The van der Waals surface area contributed by atoms with Crippen LogP contribution in [0.1, 0.15) is 70.5 Å². The molecule has 1 aliphatic rings. The van der Waals surface area contributed by atoms with E-state index in [0.29, 0.717) is 0 Å². The Labute approximate surface area is 140 Å².